The zero-order chi connectivity index (χ0) is 10.6. The van der Waals surface area contributed by atoms with E-state index < -0.39 is 0 Å². The first kappa shape index (κ1) is 9.04. The van der Waals surface area contributed by atoms with Gasteiger partial charge < -0.3 is 14.9 Å². The summed E-state index contributed by atoms with van der Waals surface area (Å²) in [7, 11) is 0. The third-order valence-electron chi connectivity index (χ3n) is 3.59. The SMILES string of the molecule is C[C@]12CC[C@@H](Cc3cc(O)c(O)cc31)O2. The molecule has 0 radical (unpaired) electrons. The molecule has 0 saturated carbocycles. The quantitative estimate of drug-likeness (QED) is 0.639. The number of ether oxygens (including phenoxy) is 1. The van der Waals surface area contributed by atoms with Gasteiger partial charge in [0.25, 0.3) is 0 Å². The first-order valence-corrected chi connectivity index (χ1v) is 5.32. The molecule has 80 valence electrons. The molecule has 3 rings (SSSR count). The van der Waals surface area contributed by atoms with Gasteiger partial charge in [-0.05, 0) is 49.4 Å². The predicted octanol–water partition coefficient (Wildman–Crippen LogP) is 2.05. The van der Waals surface area contributed by atoms with Gasteiger partial charge in [-0.1, -0.05) is 0 Å². The van der Waals surface area contributed by atoms with Crippen molar-refractivity contribution in [3.63, 3.8) is 0 Å². The zero-order valence-electron chi connectivity index (χ0n) is 8.66. The average molecular weight is 206 g/mol. The monoisotopic (exact) mass is 206 g/mol. The van der Waals surface area contributed by atoms with Crippen LogP contribution in [0.5, 0.6) is 11.5 Å². The summed E-state index contributed by atoms with van der Waals surface area (Å²) in [5.74, 6) is -0.0809. The Morgan fingerprint density at radius 3 is 2.87 bits per heavy atom. The number of phenolic OH excluding ortho intramolecular Hbond substituents is 2. The van der Waals surface area contributed by atoms with E-state index in [4.69, 9.17) is 4.74 Å². The van der Waals surface area contributed by atoms with Crippen LogP contribution in [0.1, 0.15) is 30.9 Å². The topological polar surface area (TPSA) is 49.7 Å². The Labute approximate surface area is 88.3 Å². The molecule has 1 aromatic rings. The van der Waals surface area contributed by atoms with E-state index >= 15 is 0 Å². The predicted molar refractivity (Wildman–Crippen MR) is 54.9 cm³/mol. The summed E-state index contributed by atoms with van der Waals surface area (Å²) in [4.78, 5) is 0. The Balaban J connectivity index is 2.20. The number of aromatic hydroxyl groups is 2. The molecule has 2 bridgehead atoms. The second kappa shape index (κ2) is 2.67. The van der Waals surface area contributed by atoms with E-state index in [0.29, 0.717) is 0 Å². The number of phenols is 2. The lowest BCUT2D eigenvalue weighted by molar-refractivity contribution is -0.0439. The van der Waals surface area contributed by atoms with Crippen LogP contribution < -0.4 is 0 Å². The summed E-state index contributed by atoms with van der Waals surface area (Å²) in [5, 5.41) is 19.0. The molecule has 0 unspecified atom stereocenters. The first-order valence-electron chi connectivity index (χ1n) is 5.32. The molecule has 2 aliphatic rings. The van der Waals surface area contributed by atoms with Gasteiger partial charge in [0.05, 0.1) is 11.7 Å². The normalized spacial score (nSPS) is 32.7. The second-order valence-corrected chi connectivity index (χ2v) is 4.71. The lowest BCUT2D eigenvalue weighted by Gasteiger charge is -2.32. The third kappa shape index (κ3) is 1.16. The second-order valence-electron chi connectivity index (χ2n) is 4.71. The minimum atomic E-state index is -0.260. The van der Waals surface area contributed by atoms with Gasteiger partial charge in [0, 0.05) is 0 Å². The molecule has 1 fully saturated rings. The minimum absolute atomic E-state index is 0.0290. The molecule has 2 aliphatic heterocycles. The molecule has 1 aromatic carbocycles. The lowest BCUT2D eigenvalue weighted by Crippen LogP contribution is -2.29. The van der Waals surface area contributed by atoms with Crippen LogP contribution >= 0.6 is 0 Å². The zero-order valence-corrected chi connectivity index (χ0v) is 8.66. The fourth-order valence-electron chi connectivity index (χ4n) is 2.79. The Morgan fingerprint density at radius 2 is 2.07 bits per heavy atom. The van der Waals surface area contributed by atoms with Gasteiger partial charge in [0.1, 0.15) is 0 Å². The highest BCUT2D eigenvalue weighted by atomic mass is 16.5. The maximum absolute atomic E-state index is 9.51. The molecule has 0 aliphatic carbocycles. The van der Waals surface area contributed by atoms with Gasteiger partial charge in [-0.2, -0.15) is 0 Å². The van der Waals surface area contributed by atoms with Crippen molar-refractivity contribution in [3.05, 3.63) is 23.3 Å². The molecular formula is C12H14O3. The molecule has 0 amide bonds. The van der Waals surface area contributed by atoms with Crippen molar-refractivity contribution < 1.29 is 14.9 Å². The smallest absolute Gasteiger partial charge is 0.157 e. The molecule has 15 heavy (non-hydrogen) atoms. The third-order valence-corrected chi connectivity index (χ3v) is 3.59. The molecule has 2 heterocycles. The van der Waals surface area contributed by atoms with Gasteiger partial charge in [0.2, 0.25) is 0 Å². The van der Waals surface area contributed by atoms with E-state index in [9.17, 15) is 10.2 Å². The van der Waals surface area contributed by atoms with Gasteiger partial charge in [-0.15, -0.1) is 0 Å². The van der Waals surface area contributed by atoms with Crippen LogP contribution in [-0.4, -0.2) is 16.3 Å². The Bertz CT molecular complexity index is 427. The number of fused-ring (bicyclic) bond motifs is 4. The summed E-state index contributed by atoms with van der Waals surface area (Å²) in [6.45, 7) is 2.06. The van der Waals surface area contributed by atoms with E-state index in [2.05, 4.69) is 6.92 Å². The van der Waals surface area contributed by atoms with Crippen LogP contribution in [0, 0.1) is 0 Å². The van der Waals surface area contributed by atoms with Gasteiger partial charge in [-0.25, -0.2) is 0 Å². The van der Waals surface area contributed by atoms with E-state index in [1.165, 1.54) is 0 Å². The molecule has 0 spiro atoms. The highest BCUT2D eigenvalue weighted by Gasteiger charge is 2.43. The van der Waals surface area contributed by atoms with Crippen LogP contribution in [-0.2, 0) is 16.8 Å². The fraction of sp³-hybridized carbons (Fsp3) is 0.500. The van der Waals surface area contributed by atoms with Crippen molar-refractivity contribution in [2.24, 2.45) is 0 Å². The van der Waals surface area contributed by atoms with E-state index in [-0.39, 0.29) is 23.2 Å². The minimum Gasteiger partial charge on any atom is -0.504 e. The summed E-state index contributed by atoms with van der Waals surface area (Å²) in [5.41, 5.74) is 1.89. The Morgan fingerprint density at radius 1 is 1.33 bits per heavy atom. The Hall–Kier alpha value is -1.22. The summed E-state index contributed by atoms with van der Waals surface area (Å²) < 4.78 is 5.91. The molecule has 2 N–H and O–H groups in total. The van der Waals surface area contributed by atoms with Gasteiger partial charge in [0.15, 0.2) is 11.5 Å². The fourth-order valence-corrected chi connectivity index (χ4v) is 2.79. The number of hydrogen-bond acceptors (Lipinski definition) is 3. The standard InChI is InChI=1S/C12H14O3/c1-12-3-2-8(15-12)4-7-5-10(13)11(14)6-9(7)12/h5-6,8,13-14H,2-4H2,1H3/t8-,12-/m0/s1. The van der Waals surface area contributed by atoms with Gasteiger partial charge >= 0.3 is 0 Å². The largest absolute Gasteiger partial charge is 0.504 e. The van der Waals surface area contributed by atoms with Crippen molar-refractivity contribution in [1.29, 1.82) is 0 Å². The van der Waals surface area contributed by atoms with Crippen LogP contribution in [0.15, 0.2) is 12.1 Å². The maximum atomic E-state index is 9.51. The van der Waals surface area contributed by atoms with Crippen molar-refractivity contribution in [2.75, 3.05) is 0 Å². The van der Waals surface area contributed by atoms with E-state index in [0.717, 1.165) is 30.4 Å². The number of benzene rings is 1. The van der Waals surface area contributed by atoms with Crippen LogP contribution in [0.3, 0.4) is 0 Å². The molecule has 2 atom stereocenters. The average Bonchev–Trinajstić information content (AvgIpc) is 2.49. The van der Waals surface area contributed by atoms with E-state index in [1.54, 1.807) is 12.1 Å². The van der Waals surface area contributed by atoms with Crippen LogP contribution in [0.25, 0.3) is 0 Å². The van der Waals surface area contributed by atoms with Crippen molar-refractivity contribution >= 4 is 0 Å². The van der Waals surface area contributed by atoms with Crippen molar-refractivity contribution in [2.45, 2.75) is 37.9 Å². The summed E-state index contributed by atoms with van der Waals surface area (Å²) in [6, 6.07) is 3.32. The van der Waals surface area contributed by atoms with Crippen LogP contribution in [0.2, 0.25) is 0 Å². The molecule has 3 heteroatoms. The Kier molecular flexibility index (Phi) is 1.61. The molecular weight excluding hydrogens is 192 g/mol. The first-order chi connectivity index (χ1) is 7.08. The number of hydrogen-bond donors (Lipinski definition) is 2. The van der Waals surface area contributed by atoms with E-state index in [1.807, 2.05) is 0 Å². The summed E-state index contributed by atoms with van der Waals surface area (Å²) >= 11 is 0. The van der Waals surface area contributed by atoms with Crippen LogP contribution in [0.4, 0.5) is 0 Å². The van der Waals surface area contributed by atoms with Crippen molar-refractivity contribution in [3.8, 4) is 11.5 Å². The highest BCUT2D eigenvalue weighted by molar-refractivity contribution is 5.49. The van der Waals surface area contributed by atoms with Crippen molar-refractivity contribution in [1.82, 2.24) is 0 Å². The summed E-state index contributed by atoms with van der Waals surface area (Å²) in [6.07, 6.45) is 3.19. The molecule has 1 saturated heterocycles. The lowest BCUT2D eigenvalue weighted by atomic mass is 9.88. The number of rotatable bonds is 0. The molecule has 0 aromatic heterocycles. The molecule has 3 nitrogen and oxygen atoms in total. The van der Waals surface area contributed by atoms with Gasteiger partial charge in [-0.3, -0.25) is 0 Å². The highest BCUT2D eigenvalue weighted by Crippen LogP contribution is 2.48. The maximum Gasteiger partial charge on any atom is 0.157 e.